The molecule has 0 unspecified atom stereocenters. The van der Waals surface area contributed by atoms with Crippen molar-refractivity contribution >= 4 is 27.5 Å². The van der Waals surface area contributed by atoms with E-state index in [2.05, 4.69) is 20.8 Å². The molecule has 1 saturated carbocycles. The molecule has 1 aliphatic carbocycles. The van der Waals surface area contributed by atoms with Crippen LogP contribution in [0.1, 0.15) is 37.7 Å². The van der Waals surface area contributed by atoms with E-state index in [4.69, 9.17) is 11.6 Å². The smallest absolute Gasteiger partial charge is 0.124 e. The van der Waals surface area contributed by atoms with Crippen LogP contribution in [0.5, 0.6) is 0 Å². The van der Waals surface area contributed by atoms with Gasteiger partial charge in [0, 0.05) is 29.5 Å². The van der Waals surface area contributed by atoms with Gasteiger partial charge in [-0.05, 0) is 30.5 Å². The summed E-state index contributed by atoms with van der Waals surface area (Å²) >= 11 is 9.38. The first-order valence-corrected chi connectivity index (χ1v) is 8.27. The Balaban J connectivity index is 2.06. The van der Waals surface area contributed by atoms with E-state index in [9.17, 15) is 4.39 Å². The predicted molar refractivity (Wildman–Crippen MR) is 82.1 cm³/mol. The van der Waals surface area contributed by atoms with E-state index in [0.717, 1.165) is 23.1 Å². The molecule has 0 saturated heterocycles. The highest BCUT2D eigenvalue weighted by Crippen LogP contribution is 2.26. The maximum Gasteiger partial charge on any atom is 0.124 e. The fourth-order valence-electron chi connectivity index (χ4n) is 2.81. The van der Waals surface area contributed by atoms with Crippen molar-refractivity contribution in [3.05, 3.63) is 34.1 Å². The highest BCUT2D eigenvalue weighted by atomic mass is 79.9. The monoisotopic (exact) mass is 347 g/mol. The highest BCUT2D eigenvalue weighted by molar-refractivity contribution is 9.10. The van der Waals surface area contributed by atoms with Gasteiger partial charge in [0.25, 0.3) is 0 Å². The molecule has 0 heterocycles. The molecule has 1 aromatic rings. The first-order valence-electron chi connectivity index (χ1n) is 6.94. The van der Waals surface area contributed by atoms with Crippen molar-refractivity contribution in [3.8, 4) is 0 Å². The summed E-state index contributed by atoms with van der Waals surface area (Å²) < 4.78 is 14.0. The van der Waals surface area contributed by atoms with E-state index in [1.54, 1.807) is 0 Å². The van der Waals surface area contributed by atoms with Crippen molar-refractivity contribution in [2.45, 2.75) is 44.7 Å². The third-order valence-electron chi connectivity index (χ3n) is 3.85. The zero-order chi connectivity index (χ0) is 13.7. The fourth-order valence-corrected chi connectivity index (χ4v) is 3.51. The zero-order valence-electron chi connectivity index (χ0n) is 11.0. The SMILES string of the molecule is Fc1ccc(CN(CCCl)C2CCCCC2)c(Br)c1. The second kappa shape index (κ2) is 7.61. The second-order valence-corrected chi connectivity index (χ2v) is 6.42. The molecular weight excluding hydrogens is 329 g/mol. The Morgan fingerprint density at radius 2 is 2.00 bits per heavy atom. The summed E-state index contributed by atoms with van der Waals surface area (Å²) in [5, 5.41) is 0. The van der Waals surface area contributed by atoms with E-state index in [-0.39, 0.29) is 5.82 Å². The summed E-state index contributed by atoms with van der Waals surface area (Å²) in [5.74, 6) is 0.451. The van der Waals surface area contributed by atoms with Gasteiger partial charge in [0.15, 0.2) is 0 Å². The molecule has 4 heteroatoms. The Morgan fingerprint density at radius 3 is 2.63 bits per heavy atom. The lowest BCUT2D eigenvalue weighted by Gasteiger charge is -2.34. The van der Waals surface area contributed by atoms with Gasteiger partial charge in [-0.2, -0.15) is 0 Å². The van der Waals surface area contributed by atoms with E-state index in [1.807, 2.05) is 6.07 Å². The standard InChI is InChI=1S/C15H20BrClFN/c16-15-10-13(18)7-6-12(15)11-19(9-8-17)14-4-2-1-3-5-14/h6-7,10,14H,1-5,8-9,11H2. The number of benzene rings is 1. The van der Waals surface area contributed by atoms with Crippen molar-refractivity contribution in [3.63, 3.8) is 0 Å². The molecular formula is C15H20BrClFN. The summed E-state index contributed by atoms with van der Waals surface area (Å²) in [7, 11) is 0. The first kappa shape index (κ1) is 15.3. The van der Waals surface area contributed by atoms with Crippen molar-refractivity contribution in [2.75, 3.05) is 12.4 Å². The van der Waals surface area contributed by atoms with Crippen LogP contribution in [0.3, 0.4) is 0 Å². The maximum absolute atomic E-state index is 13.1. The average molecular weight is 349 g/mol. The van der Waals surface area contributed by atoms with Crippen molar-refractivity contribution in [1.82, 2.24) is 4.90 Å². The molecule has 0 aliphatic heterocycles. The highest BCUT2D eigenvalue weighted by Gasteiger charge is 2.21. The van der Waals surface area contributed by atoms with Crippen LogP contribution < -0.4 is 0 Å². The van der Waals surface area contributed by atoms with Gasteiger partial charge in [-0.1, -0.05) is 41.3 Å². The molecule has 0 N–H and O–H groups in total. The molecule has 0 aromatic heterocycles. The molecule has 1 fully saturated rings. The van der Waals surface area contributed by atoms with Crippen LogP contribution in [0.2, 0.25) is 0 Å². The van der Waals surface area contributed by atoms with Gasteiger partial charge < -0.3 is 0 Å². The lowest BCUT2D eigenvalue weighted by atomic mass is 9.94. The summed E-state index contributed by atoms with van der Waals surface area (Å²) in [6.45, 7) is 1.74. The molecule has 106 valence electrons. The van der Waals surface area contributed by atoms with E-state index in [1.165, 1.54) is 44.2 Å². The third kappa shape index (κ3) is 4.44. The minimum atomic E-state index is -0.197. The number of alkyl halides is 1. The van der Waals surface area contributed by atoms with Crippen LogP contribution >= 0.6 is 27.5 Å². The predicted octanol–water partition coefficient (Wildman–Crippen LogP) is 4.96. The largest absolute Gasteiger partial charge is 0.295 e. The molecule has 19 heavy (non-hydrogen) atoms. The Morgan fingerprint density at radius 1 is 1.26 bits per heavy atom. The summed E-state index contributed by atoms with van der Waals surface area (Å²) in [4.78, 5) is 2.45. The van der Waals surface area contributed by atoms with Crippen LogP contribution in [0, 0.1) is 5.82 Å². The molecule has 2 rings (SSSR count). The van der Waals surface area contributed by atoms with Crippen LogP contribution in [-0.2, 0) is 6.54 Å². The summed E-state index contributed by atoms with van der Waals surface area (Å²) in [6, 6.07) is 5.56. The number of halogens is 3. The number of rotatable bonds is 5. The van der Waals surface area contributed by atoms with E-state index < -0.39 is 0 Å². The molecule has 0 bridgehead atoms. The van der Waals surface area contributed by atoms with Crippen molar-refractivity contribution in [2.24, 2.45) is 0 Å². The van der Waals surface area contributed by atoms with Crippen LogP contribution in [-0.4, -0.2) is 23.4 Å². The Hall–Kier alpha value is -0.120. The van der Waals surface area contributed by atoms with Gasteiger partial charge in [0.2, 0.25) is 0 Å². The van der Waals surface area contributed by atoms with Gasteiger partial charge in [-0.3, -0.25) is 4.90 Å². The van der Waals surface area contributed by atoms with Gasteiger partial charge in [-0.15, -0.1) is 11.6 Å². The summed E-state index contributed by atoms with van der Waals surface area (Å²) in [6.07, 6.45) is 6.50. The third-order valence-corrected chi connectivity index (χ3v) is 4.76. The normalized spacial score (nSPS) is 17.1. The van der Waals surface area contributed by atoms with E-state index >= 15 is 0 Å². The fraction of sp³-hybridized carbons (Fsp3) is 0.600. The Bertz CT molecular complexity index is 407. The topological polar surface area (TPSA) is 3.24 Å². The Kier molecular flexibility index (Phi) is 6.11. The molecule has 1 aliphatic rings. The lowest BCUT2D eigenvalue weighted by molar-refractivity contribution is 0.156. The average Bonchev–Trinajstić information content (AvgIpc) is 2.42. The van der Waals surface area contributed by atoms with Crippen LogP contribution in [0.15, 0.2) is 22.7 Å². The molecule has 0 spiro atoms. The van der Waals surface area contributed by atoms with Crippen LogP contribution in [0.4, 0.5) is 4.39 Å². The lowest BCUT2D eigenvalue weighted by Crippen LogP contribution is -2.37. The first-order chi connectivity index (χ1) is 9.20. The minimum absolute atomic E-state index is 0.197. The molecule has 0 atom stereocenters. The van der Waals surface area contributed by atoms with E-state index in [0.29, 0.717) is 11.9 Å². The second-order valence-electron chi connectivity index (χ2n) is 5.19. The van der Waals surface area contributed by atoms with Gasteiger partial charge in [-0.25, -0.2) is 4.39 Å². The number of hydrogen-bond acceptors (Lipinski definition) is 1. The minimum Gasteiger partial charge on any atom is -0.295 e. The van der Waals surface area contributed by atoms with Crippen LogP contribution in [0.25, 0.3) is 0 Å². The Labute approximate surface area is 128 Å². The van der Waals surface area contributed by atoms with Gasteiger partial charge in [0.05, 0.1) is 0 Å². The van der Waals surface area contributed by atoms with Gasteiger partial charge >= 0.3 is 0 Å². The number of nitrogens with zero attached hydrogens (tertiary/aromatic N) is 1. The molecule has 0 amide bonds. The quantitative estimate of drug-likeness (QED) is 0.680. The zero-order valence-corrected chi connectivity index (χ0v) is 13.4. The maximum atomic E-state index is 13.1. The molecule has 1 nitrogen and oxygen atoms in total. The van der Waals surface area contributed by atoms with Crippen molar-refractivity contribution < 1.29 is 4.39 Å². The molecule has 0 radical (unpaired) electrons. The van der Waals surface area contributed by atoms with Gasteiger partial charge in [0.1, 0.15) is 5.82 Å². The van der Waals surface area contributed by atoms with Crippen molar-refractivity contribution in [1.29, 1.82) is 0 Å². The summed E-state index contributed by atoms with van der Waals surface area (Å²) in [5.41, 5.74) is 1.14. The number of hydrogen-bond donors (Lipinski definition) is 0. The molecule has 1 aromatic carbocycles.